The van der Waals surface area contributed by atoms with Gasteiger partial charge in [-0.1, -0.05) is 6.07 Å². The van der Waals surface area contributed by atoms with E-state index in [1.165, 1.54) is 19.3 Å². The molecule has 0 saturated carbocycles. The normalized spacial score (nSPS) is 21.3. The lowest BCUT2D eigenvalue weighted by molar-refractivity contribution is -0.118. The highest BCUT2D eigenvalue weighted by molar-refractivity contribution is 5.95. The molecule has 2 N–H and O–H groups in total. The molecule has 5 heteroatoms. The van der Waals surface area contributed by atoms with Crippen LogP contribution in [-0.4, -0.2) is 31.8 Å². The van der Waals surface area contributed by atoms with Crippen LogP contribution in [0.2, 0.25) is 0 Å². The van der Waals surface area contributed by atoms with E-state index in [1.54, 1.807) is 0 Å². The van der Waals surface area contributed by atoms with Crippen LogP contribution in [0.3, 0.4) is 0 Å². The summed E-state index contributed by atoms with van der Waals surface area (Å²) in [6.45, 7) is 2.75. The zero-order valence-electron chi connectivity index (χ0n) is 12.2. The van der Waals surface area contributed by atoms with Gasteiger partial charge in [0, 0.05) is 13.2 Å². The average Bonchev–Trinajstić information content (AvgIpc) is 2.52. The first kappa shape index (κ1) is 14.4. The predicted molar refractivity (Wildman–Crippen MR) is 80.5 cm³/mol. The Morgan fingerprint density at radius 2 is 2.29 bits per heavy atom. The van der Waals surface area contributed by atoms with Crippen molar-refractivity contribution in [3.8, 4) is 5.75 Å². The third-order valence-corrected chi connectivity index (χ3v) is 3.92. The minimum absolute atomic E-state index is 0.0953. The third kappa shape index (κ3) is 3.95. The molecule has 1 atom stereocenters. The highest BCUT2D eigenvalue weighted by Gasteiger charge is 2.16. The number of benzene rings is 1. The van der Waals surface area contributed by atoms with Gasteiger partial charge < -0.3 is 20.1 Å². The van der Waals surface area contributed by atoms with E-state index in [-0.39, 0.29) is 12.5 Å². The lowest BCUT2D eigenvalue weighted by atomic mass is 10.1. The number of ether oxygens (including phenoxy) is 2. The molecule has 3 rings (SSSR count). The molecule has 2 aliphatic heterocycles. The molecule has 1 aromatic rings. The van der Waals surface area contributed by atoms with Gasteiger partial charge in [-0.2, -0.15) is 0 Å². The molecule has 1 saturated heterocycles. The van der Waals surface area contributed by atoms with E-state index in [2.05, 4.69) is 10.6 Å². The molecule has 0 aliphatic carbocycles. The molecule has 1 amide bonds. The lowest BCUT2D eigenvalue weighted by Crippen LogP contribution is -2.26. The topological polar surface area (TPSA) is 59.6 Å². The standard InChI is InChI=1S/C16H22N2O3/c19-16-11-21-15-5-4-12(9-14(15)18-16)10-17-7-6-13-3-1-2-8-20-13/h4-5,9,13,17H,1-3,6-8,10-11H2,(H,18,19). The number of nitrogens with one attached hydrogen (secondary N) is 2. The molecule has 1 aromatic carbocycles. The first-order valence-electron chi connectivity index (χ1n) is 7.69. The Labute approximate surface area is 125 Å². The fourth-order valence-electron chi connectivity index (χ4n) is 2.77. The van der Waals surface area contributed by atoms with E-state index in [1.807, 2.05) is 18.2 Å². The van der Waals surface area contributed by atoms with Gasteiger partial charge in [0.15, 0.2) is 6.61 Å². The summed E-state index contributed by atoms with van der Waals surface area (Å²) in [6, 6.07) is 5.91. The van der Waals surface area contributed by atoms with Gasteiger partial charge in [0.1, 0.15) is 5.75 Å². The average molecular weight is 290 g/mol. The van der Waals surface area contributed by atoms with Crippen LogP contribution in [0.15, 0.2) is 18.2 Å². The summed E-state index contributed by atoms with van der Waals surface area (Å²) in [5.41, 5.74) is 1.91. The summed E-state index contributed by atoms with van der Waals surface area (Å²) < 4.78 is 11.1. The minimum atomic E-state index is -0.0953. The van der Waals surface area contributed by atoms with Gasteiger partial charge in [-0.3, -0.25) is 4.79 Å². The zero-order chi connectivity index (χ0) is 14.5. The van der Waals surface area contributed by atoms with Crippen LogP contribution < -0.4 is 15.4 Å². The second kappa shape index (κ2) is 6.91. The molecule has 21 heavy (non-hydrogen) atoms. The fourth-order valence-corrected chi connectivity index (χ4v) is 2.77. The molecule has 0 aromatic heterocycles. The van der Waals surface area contributed by atoms with E-state index in [0.29, 0.717) is 6.10 Å². The Hall–Kier alpha value is -1.59. The van der Waals surface area contributed by atoms with Crippen molar-refractivity contribution >= 4 is 11.6 Å². The molecule has 0 spiro atoms. The fraction of sp³-hybridized carbons (Fsp3) is 0.562. The van der Waals surface area contributed by atoms with E-state index in [0.717, 1.165) is 43.1 Å². The number of anilines is 1. The Morgan fingerprint density at radius 1 is 1.33 bits per heavy atom. The molecular weight excluding hydrogens is 268 g/mol. The first-order valence-corrected chi connectivity index (χ1v) is 7.69. The second-order valence-electron chi connectivity index (χ2n) is 5.62. The maximum absolute atomic E-state index is 11.3. The van der Waals surface area contributed by atoms with Crippen LogP contribution in [0, 0.1) is 0 Å². The molecule has 0 radical (unpaired) electrons. The van der Waals surface area contributed by atoms with Crippen molar-refractivity contribution in [2.75, 3.05) is 25.1 Å². The SMILES string of the molecule is O=C1COc2ccc(CNCCC3CCCCO3)cc2N1. The quantitative estimate of drug-likeness (QED) is 0.815. The van der Waals surface area contributed by atoms with Crippen molar-refractivity contribution in [3.05, 3.63) is 23.8 Å². The molecule has 2 aliphatic rings. The van der Waals surface area contributed by atoms with Crippen molar-refractivity contribution in [3.63, 3.8) is 0 Å². The number of hydrogen-bond acceptors (Lipinski definition) is 4. The van der Waals surface area contributed by atoms with Gasteiger partial charge in [-0.05, 0) is 49.9 Å². The molecule has 1 fully saturated rings. The van der Waals surface area contributed by atoms with E-state index >= 15 is 0 Å². The van der Waals surface area contributed by atoms with Crippen LogP contribution in [0.25, 0.3) is 0 Å². The Morgan fingerprint density at radius 3 is 3.14 bits per heavy atom. The maximum Gasteiger partial charge on any atom is 0.262 e. The van der Waals surface area contributed by atoms with Crippen LogP contribution in [0.4, 0.5) is 5.69 Å². The van der Waals surface area contributed by atoms with Gasteiger partial charge in [-0.25, -0.2) is 0 Å². The van der Waals surface area contributed by atoms with Crippen LogP contribution in [-0.2, 0) is 16.1 Å². The summed E-state index contributed by atoms with van der Waals surface area (Å²) >= 11 is 0. The molecule has 2 heterocycles. The number of amides is 1. The summed E-state index contributed by atoms with van der Waals surface area (Å²) in [5, 5.41) is 6.26. The summed E-state index contributed by atoms with van der Waals surface area (Å²) in [7, 11) is 0. The van der Waals surface area contributed by atoms with Crippen LogP contribution >= 0.6 is 0 Å². The van der Waals surface area contributed by atoms with Crippen LogP contribution in [0.1, 0.15) is 31.2 Å². The monoisotopic (exact) mass is 290 g/mol. The van der Waals surface area contributed by atoms with Gasteiger partial charge in [0.25, 0.3) is 5.91 Å². The number of rotatable bonds is 5. The highest BCUT2D eigenvalue weighted by Crippen LogP contribution is 2.28. The maximum atomic E-state index is 11.3. The van der Waals surface area contributed by atoms with Crippen molar-refractivity contribution in [2.24, 2.45) is 0 Å². The summed E-state index contributed by atoms with van der Waals surface area (Å²) in [6.07, 6.45) is 5.15. The zero-order valence-corrected chi connectivity index (χ0v) is 12.2. The summed E-state index contributed by atoms with van der Waals surface area (Å²) in [5.74, 6) is 0.649. The molecule has 5 nitrogen and oxygen atoms in total. The van der Waals surface area contributed by atoms with E-state index < -0.39 is 0 Å². The summed E-state index contributed by atoms with van der Waals surface area (Å²) in [4.78, 5) is 11.3. The van der Waals surface area contributed by atoms with E-state index in [9.17, 15) is 4.79 Å². The first-order chi connectivity index (χ1) is 10.3. The Kier molecular flexibility index (Phi) is 4.72. The lowest BCUT2D eigenvalue weighted by Gasteiger charge is -2.22. The van der Waals surface area contributed by atoms with Gasteiger partial charge in [0.05, 0.1) is 11.8 Å². The number of fused-ring (bicyclic) bond motifs is 1. The number of carbonyl (C=O) groups is 1. The van der Waals surface area contributed by atoms with Gasteiger partial charge in [0.2, 0.25) is 0 Å². The second-order valence-corrected chi connectivity index (χ2v) is 5.62. The Bertz CT molecular complexity index is 498. The predicted octanol–water partition coefficient (Wildman–Crippen LogP) is 2.07. The van der Waals surface area contributed by atoms with Crippen molar-refractivity contribution in [1.82, 2.24) is 5.32 Å². The molecular formula is C16H22N2O3. The number of carbonyl (C=O) groups excluding carboxylic acids is 1. The molecule has 0 bridgehead atoms. The molecule has 1 unspecified atom stereocenters. The van der Waals surface area contributed by atoms with Crippen molar-refractivity contribution < 1.29 is 14.3 Å². The largest absolute Gasteiger partial charge is 0.482 e. The number of hydrogen-bond donors (Lipinski definition) is 2. The van der Waals surface area contributed by atoms with Gasteiger partial charge >= 0.3 is 0 Å². The van der Waals surface area contributed by atoms with Crippen molar-refractivity contribution in [2.45, 2.75) is 38.3 Å². The van der Waals surface area contributed by atoms with Gasteiger partial charge in [-0.15, -0.1) is 0 Å². The highest BCUT2D eigenvalue weighted by atomic mass is 16.5. The molecule has 114 valence electrons. The van der Waals surface area contributed by atoms with Crippen molar-refractivity contribution in [1.29, 1.82) is 0 Å². The van der Waals surface area contributed by atoms with E-state index in [4.69, 9.17) is 9.47 Å². The smallest absolute Gasteiger partial charge is 0.262 e. The minimum Gasteiger partial charge on any atom is -0.482 e. The van der Waals surface area contributed by atoms with Crippen LogP contribution in [0.5, 0.6) is 5.75 Å². The third-order valence-electron chi connectivity index (χ3n) is 3.92. The Balaban J connectivity index is 1.45.